The summed E-state index contributed by atoms with van der Waals surface area (Å²) < 4.78 is 54.0. The first-order valence-corrected chi connectivity index (χ1v) is 6.62. The summed E-state index contributed by atoms with van der Waals surface area (Å²) in [7, 11) is 0. The van der Waals surface area contributed by atoms with Crippen molar-refractivity contribution in [2.24, 2.45) is 0 Å². The molecule has 0 radical (unpaired) electrons. The molecule has 1 unspecified atom stereocenters. The van der Waals surface area contributed by atoms with E-state index in [4.69, 9.17) is 0 Å². The third-order valence-electron chi connectivity index (χ3n) is 3.33. The van der Waals surface area contributed by atoms with E-state index in [1.807, 2.05) is 13.8 Å². The molecular formula is C16H15F4N. The first kappa shape index (κ1) is 15.5. The van der Waals surface area contributed by atoms with Crippen LogP contribution in [0.1, 0.15) is 25.5 Å². The highest BCUT2D eigenvalue weighted by Crippen LogP contribution is 2.30. The fraction of sp³-hybridized carbons (Fsp3) is 0.250. The number of hydrogen-bond donors (Lipinski definition) is 1. The van der Waals surface area contributed by atoms with E-state index in [1.165, 1.54) is 12.1 Å². The molecular weight excluding hydrogens is 282 g/mol. The fourth-order valence-electron chi connectivity index (χ4n) is 2.18. The molecule has 1 atom stereocenters. The van der Waals surface area contributed by atoms with Crippen LogP contribution in [0, 0.1) is 23.3 Å². The lowest BCUT2D eigenvalue weighted by molar-refractivity contribution is 0.448. The van der Waals surface area contributed by atoms with Crippen LogP contribution in [0.5, 0.6) is 0 Å². The minimum absolute atomic E-state index is 0.0669. The van der Waals surface area contributed by atoms with Crippen molar-refractivity contribution >= 4 is 0 Å². The Labute approximate surface area is 120 Å². The molecule has 2 aromatic carbocycles. The van der Waals surface area contributed by atoms with Crippen molar-refractivity contribution in [3.63, 3.8) is 0 Å². The normalized spacial score (nSPS) is 12.5. The summed E-state index contributed by atoms with van der Waals surface area (Å²) in [6, 6.07) is 5.96. The van der Waals surface area contributed by atoms with Crippen LogP contribution in [0.3, 0.4) is 0 Å². The van der Waals surface area contributed by atoms with Gasteiger partial charge in [-0.15, -0.1) is 0 Å². The van der Waals surface area contributed by atoms with Crippen molar-refractivity contribution in [1.82, 2.24) is 5.32 Å². The molecule has 1 nitrogen and oxygen atoms in total. The molecule has 0 bridgehead atoms. The third-order valence-corrected chi connectivity index (χ3v) is 3.33. The fourth-order valence-corrected chi connectivity index (χ4v) is 2.18. The van der Waals surface area contributed by atoms with E-state index in [9.17, 15) is 17.6 Å². The molecule has 2 aromatic rings. The molecule has 0 aliphatic heterocycles. The monoisotopic (exact) mass is 297 g/mol. The number of rotatable bonds is 4. The quantitative estimate of drug-likeness (QED) is 0.643. The summed E-state index contributed by atoms with van der Waals surface area (Å²) in [5, 5.41) is 3.14. The van der Waals surface area contributed by atoms with Gasteiger partial charge in [0.2, 0.25) is 0 Å². The minimum atomic E-state index is -1.60. The summed E-state index contributed by atoms with van der Waals surface area (Å²) in [5.41, 5.74) is 0.350. The minimum Gasteiger partial charge on any atom is -0.310 e. The van der Waals surface area contributed by atoms with Crippen LogP contribution in [-0.2, 0) is 0 Å². The summed E-state index contributed by atoms with van der Waals surface area (Å²) in [5.74, 6) is -4.97. The second-order valence-electron chi connectivity index (χ2n) is 4.74. The second-order valence-corrected chi connectivity index (χ2v) is 4.74. The highest BCUT2D eigenvalue weighted by Gasteiger charge is 2.18. The van der Waals surface area contributed by atoms with Gasteiger partial charge in [0.25, 0.3) is 0 Å². The molecule has 0 amide bonds. The maximum absolute atomic E-state index is 13.9. The van der Waals surface area contributed by atoms with E-state index in [0.29, 0.717) is 6.54 Å². The third kappa shape index (κ3) is 3.08. The number of benzene rings is 2. The Morgan fingerprint density at radius 3 is 2.24 bits per heavy atom. The van der Waals surface area contributed by atoms with Crippen LogP contribution in [0.2, 0.25) is 0 Å². The van der Waals surface area contributed by atoms with Crippen LogP contribution in [-0.4, -0.2) is 6.54 Å². The molecule has 0 saturated heterocycles. The Bertz CT molecular complexity index is 655. The van der Waals surface area contributed by atoms with Crippen LogP contribution in [0.15, 0.2) is 30.3 Å². The van der Waals surface area contributed by atoms with Crippen LogP contribution >= 0.6 is 0 Å². The Balaban J connectivity index is 2.53. The van der Waals surface area contributed by atoms with Gasteiger partial charge in [-0.05, 0) is 43.3 Å². The van der Waals surface area contributed by atoms with E-state index in [2.05, 4.69) is 5.32 Å². The van der Waals surface area contributed by atoms with Crippen LogP contribution in [0.4, 0.5) is 17.6 Å². The SMILES string of the molecule is CCNC(C)c1ccc(F)c(-c2ccc(F)c(F)c2F)c1. The summed E-state index contributed by atoms with van der Waals surface area (Å²) in [6.45, 7) is 4.52. The number of halogens is 4. The molecule has 1 N–H and O–H groups in total. The molecule has 21 heavy (non-hydrogen) atoms. The van der Waals surface area contributed by atoms with Crippen molar-refractivity contribution in [1.29, 1.82) is 0 Å². The Hall–Kier alpha value is -1.88. The summed E-state index contributed by atoms with van der Waals surface area (Å²) in [4.78, 5) is 0. The Kier molecular flexibility index (Phi) is 4.63. The van der Waals surface area contributed by atoms with Gasteiger partial charge < -0.3 is 5.32 Å². The average Bonchev–Trinajstić information content (AvgIpc) is 2.46. The first-order valence-electron chi connectivity index (χ1n) is 6.62. The highest BCUT2D eigenvalue weighted by atomic mass is 19.2. The topological polar surface area (TPSA) is 12.0 Å². The van der Waals surface area contributed by atoms with E-state index >= 15 is 0 Å². The van der Waals surface area contributed by atoms with Crippen molar-refractivity contribution in [3.05, 3.63) is 59.2 Å². The first-order chi connectivity index (χ1) is 9.95. The maximum Gasteiger partial charge on any atom is 0.195 e. The van der Waals surface area contributed by atoms with Gasteiger partial charge in [0.1, 0.15) is 5.82 Å². The Morgan fingerprint density at radius 2 is 1.57 bits per heavy atom. The molecule has 2 rings (SSSR count). The standard InChI is InChI=1S/C16H15F4N/c1-3-21-9(2)10-4-6-13(17)12(8-10)11-5-7-14(18)16(20)15(11)19/h4-9,21H,3H2,1-2H3. The van der Waals surface area contributed by atoms with Gasteiger partial charge in [0.15, 0.2) is 17.5 Å². The highest BCUT2D eigenvalue weighted by molar-refractivity contribution is 5.66. The summed E-state index contributed by atoms with van der Waals surface area (Å²) in [6.07, 6.45) is 0. The van der Waals surface area contributed by atoms with E-state index in [1.54, 1.807) is 6.07 Å². The van der Waals surface area contributed by atoms with Crippen molar-refractivity contribution in [2.45, 2.75) is 19.9 Å². The molecule has 5 heteroatoms. The van der Waals surface area contributed by atoms with Gasteiger partial charge >= 0.3 is 0 Å². The zero-order valence-corrected chi connectivity index (χ0v) is 11.7. The molecule has 0 spiro atoms. The van der Waals surface area contributed by atoms with Crippen molar-refractivity contribution in [2.75, 3.05) is 6.54 Å². The zero-order valence-electron chi connectivity index (χ0n) is 11.7. The molecule has 0 heterocycles. The molecule has 0 aliphatic rings. The van der Waals surface area contributed by atoms with Gasteiger partial charge in [-0.2, -0.15) is 0 Å². The molecule has 0 saturated carbocycles. The molecule has 0 aromatic heterocycles. The molecule has 112 valence electrons. The summed E-state index contributed by atoms with van der Waals surface area (Å²) >= 11 is 0. The van der Waals surface area contributed by atoms with Gasteiger partial charge in [0, 0.05) is 17.2 Å². The van der Waals surface area contributed by atoms with E-state index in [0.717, 1.165) is 17.7 Å². The molecule has 0 aliphatic carbocycles. The lowest BCUT2D eigenvalue weighted by atomic mass is 9.99. The van der Waals surface area contributed by atoms with E-state index in [-0.39, 0.29) is 17.2 Å². The predicted octanol–water partition coefficient (Wildman–Crippen LogP) is 4.58. The maximum atomic E-state index is 13.9. The van der Waals surface area contributed by atoms with Gasteiger partial charge in [-0.25, -0.2) is 17.6 Å². The van der Waals surface area contributed by atoms with Gasteiger partial charge in [-0.1, -0.05) is 13.0 Å². The largest absolute Gasteiger partial charge is 0.310 e. The van der Waals surface area contributed by atoms with Gasteiger partial charge in [0.05, 0.1) is 0 Å². The smallest absolute Gasteiger partial charge is 0.195 e. The zero-order chi connectivity index (χ0) is 15.6. The van der Waals surface area contributed by atoms with Crippen molar-refractivity contribution in [3.8, 4) is 11.1 Å². The Morgan fingerprint density at radius 1 is 0.905 bits per heavy atom. The van der Waals surface area contributed by atoms with E-state index < -0.39 is 23.3 Å². The number of hydrogen-bond acceptors (Lipinski definition) is 1. The average molecular weight is 297 g/mol. The van der Waals surface area contributed by atoms with Crippen LogP contribution < -0.4 is 5.32 Å². The number of nitrogens with one attached hydrogen (secondary N) is 1. The lowest BCUT2D eigenvalue weighted by Crippen LogP contribution is -2.17. The van der Waals surface area contributed by atoms with Gasteiger partial charge in [-0.3, -0.25) is 0 Å². The second kappa shape index (κ2) is 6.26. The predicted molar refractivity (Wildman–Crippen MR) is 73.8 cm³/mol. The molecule has 0 fully saturated rings. The van der Waals surface area contributed by atoms with Crippen molar-refractivity contribution < 1.29 is 17.6 Å². The lowest BCUT2D eigenvalue weighted by Gasteiger charge is -2.15. The van der Waals surface area contributed by atoms with Crippen LogP contribution in [0.25, 0.3) is 11.1 Å².